The summed E-state index contributed by atoms with van der Waals surface area (Å²) in [5, 5.41) is 0. The second-order valence-corrected chi connectivity index (χ2v) is 5.54. The van der Waals surface area contributed by atoms with Crippen molar-refractivity contribution in [3.63, 3.8) is 0 Å². The Balaban J connectivity index is 2.24. The first kappa shape index (κ1) is 12.2. The van der Waals surface area contributed by atoms with E-state index in [1.165, 1.54) is 38.9 Å². The predicted octanol–water partition coefficient (Wildman–Crippen LogP) is 4.25. The minimum atomic E-state index is 0.911. The summed E-state index contributed by atoms with van der Waals surface area (Å²) in [6.07, 6.45) is 3.08. The Bertz CT molecular complexity index is 645. The molecule has 0 aliphatic carbocycles. The summed E-state index contributed by atoms with van der Waals surface area (Å²) < 4.78 is 0. The lowest BCUT2D eigenvalue weighted by molar-refractivity contribution is 0.953. The van der Waals surface area contributed by atoms with Crippen LogP contribution in [0.4, 0.5) is 0 Å². The van der Waals surface area contributed by atoms with Gasteiger partial charge < -0.3 is 0 Å². The average Bonchev–Trinajstić information content (AvgIpc) is 2.36. The van der Waals surface area contributed by atoms with Crippen LogP contribution >= 0.6 is 0 Å². The van der Waals surface area contributed by atoms with Crippen molar-refractivity contribution >= 4 is 6.21 Å². The number of hydrogen-bond acceptors (Lipinski definition) is 1. The van der Waals surface area contributed by atoms with E-state index in [-0.39, 0.29) is 0 Å². The number of nitrogens with zero attached hydrogens (tertiary/aromatic N) is 1. The Kier molecular flexibility index (Phi) is 2.98. The molecule has 0 atom stereocenters. The fourth-order valence-electron chi connectivity index (χ4n) is 2.97. The van der Waals surface area contributed by atoms with E-state index in [2.05, 4.69) is 56.1 Å². The first-order valence-electron chi connectivity index (χ1n) is 6.85. The molecule has 0 amide bonds. The summed E-state index contributed by atoms with van der Waals surface area (Å²) in [6, 6.07) is 11.4. The molecular formula is C18H19N. The smallest absolute Gasteiger partial charge is 0.0430 e. The van der Waals surface area contributed by atoms with Crippen molar-refractivity contribution in [2.45, 2.75) is 27.2 Å². The summed E-state index contributed by atoms with van der Waals surface area (Å²) in [7, 11) is 0. The highest BCUT2D eigenvalue weighted by atomic mass is 14.7. The van der Waals surface area contributed by atoms with Crippen LogP contribution in [0.25, 0.3) is 11.1 Å². The van der Waals surface area contributed by atoms with Gasteiger partial charge in [-0.1, -0.05) is 41.5 Å². The maximum absolute atomic E-state index is 4.40. The van der Waals surface area contributed by atoms with Crippen molar-refractivity contribution in [1.29, 1.82) is 0 Å². The zero-order valence-electron chi connectivity index (χ0n) is 11.8. The summed E-state index contributed by atoms with van der Waals surface area (Å²) >= 11 is 0. The van der Waals surface area contributed by atoms with Crippen LogP contribution in [0.1, 0.15) is 27.8 Å². The summed E-state index contributed by atoms with van der Waals surface area (Å²) in [5.74, 6) is 0. The monoisotopic (exact) mass is 249 g/mol. The van der Waals surface area contributed by atoms with E-state index in [0.29, 0.717) is 0 Å². The molecule has 1 aliphatic heterocycles. The summed E-state index contributed by atoms with van der Waals surface area (Å²) in [4.78, 5) is 4.40. The van der Waals surface area contributed by atoms with Crippen molar-refractivity contribution in [1.82, 2.24) is 0 Å². The SMILES string of the molecule is Cc1cc(C)cc(-c2cc(C)cc3c2CCN=C3)c1. The van der Waals surface area contributed by atoms with Crippen molar-refractivity contribution in [2.24, 2.45) is 4.99 Å². The van der Waals surface area contributed by atoms with Gasteiger partial charge in [-0.25, -0.2) is 0 Å². The molecule has 2 aromatic carbocycles. The third-order valence-corrected chi connectivity index (χ3v) is 3.68. The normalized spacial score (nSPS) is 13.4. The van der Waals surface area contributed by atoms with Gasteiger partial charge in [0.1, 0.15) is 0 Å². The minimum Gasteiger partial charge on any atom is -0.292 e. The molecule has 0 aromatic heterocycles. The van der Waals surface area contributed by atoms with E-state index in [9.17, 15) is 0 Å². The highest BCUT2D eigenvalue weighted by Crippen LogP contribution is 2.30. The molecule has 3 rings (SSSR count). The molecule has 2 aromatic rings. The molecule has 0 saturated heterocycles. The van der Waals surface area contributed by atoms with Gasteiger partial charge in [0.25, 0.3) is 0 Å². The summed E-state index contributed by atoms with van der Waals surface area (Å²) in [6.45, 7) is 7.41. The van der Waals surface area contributed by atoms with E-state index in [0.717, 1.165) is 13.0 Å². The zero-order valence-corrected chi connectivity index (χ0v) is 11.8. The fraction of sp³-hybridized carbons (Fsp3) is 0.278. The molecule has 1 nitrogen and oxygen atoms in total. The van der Waals surface area contributed by atoms with Gasteiger partial charge in [-0.2, -0.15) is 0 Å². The fourth-order valence-corrected chi connectivity index (χ4v) is 2.97. The first-order chi connectivity index (χ1) is 9.13. The van der Waals surface area contributed by atoms with Gasteiger partial charge in [-0.05, 0) is 55.0 Å². The number of benzene rings is 2. The Hall–Kier alpha value is -1.89. The Morgan fingerprint density at radius 1 is 0.842 bits per heavy atom. The van der Waals surface area contributed by atoms with E-state index < -0.39 is 0 Å². The van der Waals surface area contributed by atoms with E-state index >= 15 is 0 Å². The van der Waals surface area contributed by atoms with Crippen LogP contribution < -0.4 is 0 Å². The van der Waals surface area contributed by atoms with Crippen LogP contribution in [0.3, 0.4) is 0 Å². The third-order valence-electron chi connectivity index (χ3n) is 3.68. The standard InChI is InChI=1S/C18H19N/c1-12-6-13(2)8-15(7-12)18-10-14(3)9-16-11-19-5-4-17(16)18/h6-11H,4-5H2,1-3H3. The van der Waals surface area contributed by atoms with E-state index in [4.69, 9.17) is 0 Å². The maximum Gasteiger partial charge on any atom is 0.0430 e. The molecule has 0 fully saturated rings. The lowest BCUT2D eigenvalue weighted by Gasteiger charge is -2.17. The molecule has 0 spiro atoms. The highest BCUT2D eigenvalue weighted by molar-refractivity contribution is 5.88. The third kappa shape index (κ3) is 2.33. The van der Waals surface area contributed by atoms with Crippen molar-refractivity contribution in [3.8, 4) is 11.1 Å². The first-order valence-corrected chi connectivity index (χ1v) is 6.85. The van der Waals surface area contributed by atoms with Crippen LogP contribution in [0, 0.1) is 20.8 Å². The van der Waals surface area contributed by atoms with E-state index in [1.807, 2.05) is 6.21 Å². The van der Waals surface area contributed by atoms with Gasteiger partial charge in [-0.15, -0.1) is 0 Å². The lowest BCUT2D eigenvalue weighted by Crippen LogP contribution is -2.05. The van der Waals surface area contributed by atoms with Gasteiger partial charge in [0.05, 0.1) is 0 Å². The van der Waals surface area contributed by atoms with Gasteiger partial charge in [0, 0.05) is 12.8 Å². The van der Waals surface area contributed by atoms with Crippen molar-refractivity contribution in [3.05, 3.63) is 58.1 Å². The van der Waals surface area contributed by atoms with Gasteiger partial charge >= 0.3 is 0 Å². The molecule has 1 heteroatoms. The number of hydrogen-bond donors (Lipinski definition) is 0. The topological polar surface area (TPSA) is 12.4 Å². The molecule has 1 heterocycles. The molecule has 0 N–H and O–H groups in total. The van der Waals surface area contributed by atoms with Crippen LogP contribution in [-0.4, -0.2) is 12.8 Å². The molecule has 0 unspecified atom stereocenters. The molecule has 0 radical (unpaired) electrons. The van der Waals surface area contributed by atoms with Gasteiger partial charge in [-0.3, -0.25) is 4.99 Å². The molecule has 0 bridgehead atoms. The Morgan fingerprint density at radius 2 is 1.53 bits per heavy atom. The van der Waals surface area contributed by atoms with E-state index in [1.54, 1.807) is 0 Å². The Morgan fingerprint density at radius 3 is 2.26 bits per heavy atom. The number of aliphatic imine (C=N–C) groups is 1. The zero-order chi connectivity index (χ0) is 13.4. The van der Waals surface area contributed by atoms with Gasteiger partial charge in [0.2, 0.25) is 0 Å². The Labute approximate surface area is 115 Å². The molecule has 1 aliphatic rings. The predicted molar refractivity (Wildman–Crippen MR) is 82.3 cm³/mol. The molecule has 0 saturated carbocycles. The minimum absolute atomic E-state index is 0.911. The van der Waals surface area contributed by atoms with Crippen LogP contribution in [0.2, 0.25) is 0 Å². The van der Waals surface area contributed by atoms with Gasteiger partial charge in [0.15, 0.2) is 0 Å². The lowest BCUT2D eigenvalue weighted by atomic mass is 9.89. The molecular weight excluding hydrogens is 230 g/mol. The number of rotatable bonds is 1. The largest absolute Gasteiger partial charge is 0.292 e. The summed E-state index contributed by atoms with van der Waals surface area (Å²) in [5.41, 5.74) is 9.43. The second-order valence-electron chi connectivity index (χ2n) is 5.54. The van der Waals surface area contributed by atoms with Crippen molar-refractivity contribution < 1.29 is 0 Å². The highest BCUT2D eigenvalue weighted by Gasteiger charge is 2.13. The van der Waals surface area contributed by atoms with Crippen molar-refractivity contribution in [2.75, 3.05) is 6.54 Å². The maximum atomic E-state index is 4.40. The molecule has 96 valence electrons. The quantitative estimate of drug-likeness (QED) is 0.716. The second kappa shape index (κ2) is 4.65. The van der Waals surface area contributed by atoms with Crippen LogP contribution in [0.5, 0.6) is 0 Å². The van der Waals surface area contributed by atoms with Crippen LogP contribution in [0.15, 0.2) is 35.3 Å². The number of aryl methyl sites for hydroxylation is 3. The average molecular weight is 249 g/mol. The number of fused-ring (bicyclic) bond motifs is 1. The van der Waals surface area contributed by atoms with Crippen LogP contribution in [-0.2, 0) is 6.42 Å². The molecule has 19 heavy (non-hydrogen) atoms.